The lowest BCUT2D eigenvalue weighted by Crippen LogP contribution is -2.27. The largest absolute Gasteiger partial charge is 0.396 e. The second-order valence-electron chi connectivity index (χ2n) is 7.93. The summed E-state index contributed by atoms with van der Waals surface area (Å²) in [6.45, 7) is 4.35. The van der Waals surface area contributed by atoms with Gasteiger partial charge in [-0.3, -0.25) is 9.59 Å². The number of anilines is 1. The summed E-state index contributed by atoms with van der Waals surface area (Å²) in [6.07, 6.45) is -0.254. The normalized spacial score (nSPS) is 11.4. The zero-order valence-electron chi connectivity index (χ0n) is 19.5. The molecule has 37 heavy (non-hydrogen) atoms. The number of aromatic nitrogens is 3. The Morgan fingerprint density at radius 1 is 1.16 bits per heavy atom. The Morgan fingerprint density at radius 3 is 2.59 bits per heavy atom. The number of carbonyl (C=O) groups is 2. The van der Waals surface area contributed by atoms with Gasteiger partial charge in [-0.25, -0.2) is 18.4 Å². The molecule has 2 amide bonds. The van der Waals surface area contributed by atoms with E-state index >= 15 is 0 Å². The van der Waals surface area contributed by atoms with Gasteiger partial charge < -0.3 is 15.5 Å². The average molecular weight is 574 g/mol. The SMILES string of the molecule is CC(C)CO/N=C/CNC(=O)c1cc(Cl)cc(Cl)c1NC(=O)c1cc(C(F)F)nn1-c1ncccc1Cl. The minimum atomic E-state index is -2.97. The fraction of sp³-hybridized carbons (Fsp3) is 0.261. The molecule has 2 N–H and O–H groups in total. The number of pyridine rings is 1. The molecule has 0 fully saturated rings. The highest BCUT2D eigenvalue weighted by Gasteiger charge is 2.25. The highest BCUT2D eigenvalue weighted by molar-refractivity contribution is 6.38. The molecular weight excluding hydrogens is 553 g/mol. The quantitative estimate of drug-likeness (QED) is 0.235. The van der Waals surface area contributed by atoms with Crippen molar-refractivity contribution in [2.24, 2.45) is 11.1 Å². The lowest BCUT2D eigenvalue weighted by molar-refractivity contribution is 0.0958. The molecule has 0 radical (unpaired) electrons. The molecule has 9 nitrogen and oxygen atoms in total. The van der Waals surface area contributed by atoms with Gasteiger partial charge in [0.15, 0.2) is 5.82 Å². The molecule has 1 aromatic carbocycles. The Morgan fingerprint density at radius 2 is 1.92 bits per heavy atom. The molecule has 0 aliphatic rings. The van der Waals surface area contributed by atoms with Crippen LogP contribution >= 0.6 is 34.8 Å². The molecule has 0 atom stereocenters. The minimum absolute atomic E-state index is 0.0111. The summed E-state index contributed by atoms with van der Waals surface area (Å²) >= 11 is 18.5. The van der Waals surface area contributed by atoms with Gasteiger partial charge in [0.05, 0.1) is 34.1 Å². The van der Waals surface area contributed by atoms with Crippen LogP contribution in [-0.2, 0) is 4.84 Å². The van der Waals surface area contributed by atoms with Gasteiger partial charge in [0.25, 0.3) is 18.2 Å². The summed E-state index contributed by atoms with van der Waals surface area (Å²) < 4.78 is 27.7. The maximum absolute atomic E-state index is 13.4. The molecule has 0 unspecified atom stereocenters. The predicted molar refractivity (Wildman–Crippen MR) is 137 cm³/mol. The number of hydrogen-bond acceptors (Lipinski definition) is 6. The van der Waals surface area contributed by atoms with Gasteiger partial charge >= 0.3 is 0 Å². The van der Waals surface area contributed by atoms with Crippen LogP contribution in [0.4, 0.5) is 14.5 Å². The van der Waals surface area contributed by atoms with Crippen molar-refractivity contribution >= 4 is 58.5 Å². The van der Waals surface area contributed by atoms with Gasteiger partial charge in [0.2, 0.25) is 0 Å². The number of rotatable bonds is 10. The van der Waals surface area contributed by atoms with Crippen LogP contribution in [0.1, 0.15) is 46.8 Å². The van der Waals surface area contributed by atoms with Gasteiger partial charge in [0, 0.05) is 11.2 Å². The Hall–Kier alpha value is -3.28. The summed E-state index contributed by atoms with van der Waals surface area (Å²) in [4.78, 5) is 35.1. The second kappa shape index (κ2) is 12.8. The highest BCUT2D eigenvalue weighted by atomic mass is 35.5. The van der Waals surface area contributed by atoms with Crippen LogP contribution in [0.15, 0.2) is 41.7 Å². The van der Waals surface area contributed by atoms with E-state index in [-0.39, 0.29) is 50.3 Å². The van der Waals surface area contributed by atoms with Gasteiger partial charge in [0.1, 0.15) is 18.0 Å². The Bertz CT molecular complexity index is 1320. The summed E-state index contributed by atoms with van der Waals surface area (Å²) in [5.41, 5.74) is -1.16. The third kappa shape index (κ3) is 7.37. The average Bonchev–Trinajstić information content (AvgIpc) is 3.28. The maximum Gasteiger partial charge on any atom is 0.282 e. The van der Waals surface area contributed by atoms with Crippen molar-refractivity contribution in [2.75, 3.05) is 18.5 Å². The van der Waals surface area contributed by atoms with Crippen molar-refractivity contribution in [3.63, 3.8) is 0 Å². The topological polar surface area (TPSA) is 110 Å². The molecular formula is C23H21Cl3F2N6O3. The van der Waals surface area contributed by atoms with Crippen molar-refractivity contribution < 1.29 is 23.2 Å². The third-order valence-electron chi connectivity index (χ3n) is 4.57. The first-order valence-corrected chi connectivity index (χ1v) is 11.9. The van der Waals surface area contributed by atoms with E-state index in [4.69, 9.17) is 39.6 Å². The number of alkyl halides is 2. The predicted octanol–water partition coefficient (Wildman–Crippen LogP) is 5.81. The van der Waals surface area contributed by atoms with Crippen LogP contribution in [-0.4, -0.2) is 45.9 Å². The van der Waals surface area contributed by atoms with Crippen LogP contribution in [0.25, 0.3) is 5.82 Å². The van der Waals surface area contributed by atoms with Crippen molar-refractivity contribution in [2.45, 2.75) is 20.3 Å². The van der Waals surface area contributed by atoms with E-state index in [0.717, 1.165) is 10.7 Å². The molecule has 3 rings (SSSR count). The molecule has 0 saturated carbocycles. The zero-order valence-corrected chi connectivity index (χ0v) is 21.8. The number of hydrogen-bond donors (Lipinski definition) is 2. The smallest absolute Gasteiger partial charge is 0.282 e. The Balaban J connectivity index is 1.89. The summed E-state index contributed by atoms with van der Waals surface area (Å²) in [5, 5.41) is 12.7. The van der Waals surface area contributed by atoms with Crippen LogP contribution in [0.3, 0.4) is 0 Å². The van der Waals surface area contributed by atoms with Crippen LogP contribution in [0.2, 0.25) is 15.1 Å². The lowest BCUT2D eigenvalue weighted by atomic mass is 10.1. The Kier molecular flexibility index (Phi) is 9.79. The molecule has 0 aliphatic heterocycles. The number of oxime groups is 1. The molecule has 14 heteroatoms. The van der Waals surface area contributed by atoms with Gasteiger partial charge in [-0.15, -0.1) is 0 Å². The Labute approximate surface area is 225 Å². The second-order valence-corrected chi connectivity index (χ2v) is 9.18. The fourth-order valence-corrected chi connectivity index (χ4v) is 3.68. The van der Waals surface area contributed by atoms with Crippen LogP contribution in [0.5, 0.6) is 0 Å². The van der Waals surface area contributed by atoms with Crippen molar-refractivity contribution in [1.82, 2.24) is 20.1 Å². The molecule has 2 aromatic heterocycles. The number of nitrogens with zero attached hydrogens (tertiary/aromatic N) is 4. The van der Waals surface area contributed by atoms with Crippen molar-refractivity contribution in [1.29, 1.82) is 0 Å². The summed E-state index contributed by atoms with van der Waals surface area (Å²) in [5.74, 6) is -1.29. The number of benzene rings is 1. The highest BCUT2D eigenvalue weighted by Crippen LogP contribution is 2.31. The van der Waals surface area contributed by atoms with E-state index in [9.17, 15) is 18.4 Å². The molecule has 2 heterocycles. The van der Waals surface area contributed by atoms with Gasteiger partial charge in [-0.1, -0.05) is 53.8 Å². The summed E-state index contributed by atoms with van der Waals surface area (Å²) in [7, 11) is 0. The van der Waals surface area contributed by atoms with E-state index in [0.29, 0.717) is 6.61 Å². The van der Waals surface area contributed by atoms with Crippen molar-refractivity contribution in [3.8, 4) is 5.82 Å². The number of amides is 2. The molecule has 0 bridgehead atoms. The lowest BCUT2D eigenvalue weighted by Gasteiger charge is -2.14. The third-order valence-corrected chi connectivity index (χ3v) is 5.38. The van der Waals surface area contributed by atoms with E-state index < -0.39 is 23.9 Å². The fourth-order valence-electron chi connectivity index (χ4n) is 2.94. The molecule has 0 spiro atoms. The van der Waals surface area contributed by atoms with Gasteiger partial charge in [-0.2, -0.15) is 5.10 Å². The van der Waals surface area contributed by atoms with Crippen molar-refractivity contribution in [3.05, 3.63) is 68.5 Å². The standard InChI is InChI=1S/C23H21Cl3F2N6O3/c1-12(2)11-37-31-7-6-30-22(35)14-8-13(24)9-16(26)19(14)32-23(36)18-10-17(20(27)28)33-34(18)21-15(25)4-3-5-29-21/h3-5,7-10,12,20H,6,11H2,1-2H3,(H,30,35)(H,32,36)/b31-7+. The van der Waals surface area contributed by atoms with E-state index in [1.165, 1.54) is 36.7 Å². The summed E-state index contributed by atoms with van der Waals surface area (Å²) in [6, 6.07) is 6.49. The first-order chi connectivity index (χ1) is 17.6. The first-order valence-electron chi connectivity index (χ1n) is 10.8. The first kappa shape index (κ1) is 28.3. The van der Waals surface area contributed by atoms with E-state index in [1.807, 2.05) is 13.8 Å². The zero-order chi connectivity index (χ0) is 27.1. The molecule has 3 aromatic rings. The van der Waals surface area contributed by atoms with Crippen LogP contribution in [0, 0.1) is 5.92 Å². The maximum atomic E-state index is 13.4. The number of halogens is 5. The number of carbonyl (C=O) groups excluding carboxylic acids is 2. The monoisotopic (exact) mass is 572 g/mol. The molecule has 0 aliphatic carbocycles. The number of nitrogens with one attached hydrogen (secondary N) is 2. The van der Waals surface area contributed by atoms with E-state index in [1.54, 1.807) is 0 Å². The van der Waals surface area contributed by atoms with Crippen LogP contribution < -0.4 is 10.6 Å². The molecule has 196 valence electrons. The molecule has 0 saturated heterocycles. The minimum Gasteiger partial charge on any atom is -0.396 e. The van der Waals surface area contributed by atoms with Gasteiger partial charge in [-0.05, 0) is 36.2 Å². The van der Waals surface area contributed by atoms with E-state index in [2.05, 4.69) is 25.9 Å².